The molecule has 138 valence electrons. The van der Waals surface area contributed by atoms with E-state index < -0.39 is 0 Å². The fraction of sp³-hybridized carbons (Fsp3) is 0.296. The van der Waals surface area contributed by atoms with Gasteiger partial charge < -0.3 is 0 Å². The quantitative estimate of drug-likeness (QED) is 0.509. The molecular weight excluding hydrogens is 340 g/mol. The Morgan fingerprint density at radius 2 is 1.36 bits per heavy atom. The van der Waals surface area contributed by atoms with E-state index in [-0.39, 0.29) is 5.92 Å². The summed E-state index contributed by atoms with van der Waals surface area (Å²) >= 11 is 0. The van der Waals surface area contributed by atoms with Crippen molar-refractivity contribution in [1.82, 2.24) is 0 Å². The van der Waals surface area contributed by atoms with Crippen LogP contribution in [0.2, 0.25) is 0 Å². The van der Waals surface area contributed by atoms with Gasteiger partial charge in [0.25, 0.3) is 0 Å². The Balaban J connectivity index is 1.51. The van der Waals surface area contributed by atoms with Crippen LogP contribution in [0.3, 0.4) is 0 Å². The Hall–Kier alpha value is -2.67. The van der Waals surface area contributed by atoms with E-state index in [2.05, 4.69) is 48.5 Å². The minimum absolute atomic E-state index is 0.0416. The smallest absolute Gasteiger partial charge is 0.171 e. The number of benzene rings is 3. The molecule has 0 saturated heterocycles. The first-order valence-corrected chi connectivity index (χ1v) is 10.6. The van der Waals surface area contributed by atoms with Gasteiger partial charge in [0.05, 0.1) is 5.92 Å². The van der Waals surface area contributed by atoms with E-state index in [1.807, 2.05) is 12.1 Å². The second-order valence-electron chi connectivity index (χ2n) is 8.67. The van der Waals surface area contributed by atoms with Crippen molar-refractivity contribution in [2.75, 3.05) is 0 Å². The van der Waals surface area contributed by atoms with E-state index in [1.165, 1.54) is 38.9 Å². The van der Waals surface area contributed by atoms with Gasteiger partial charge >= 0.3 is 0 Å². The number of carbonyl (C=O) groups is 1. The normalized spacial score (nSPS) is 22.2. The molecule has 0 unspecified atom stereocenters. The summed E-state index contributed by atoms with van der Waals surface area (Å²) in [6, 6.07) is 22.2. The molecule has 6 aliphatic rings. The number of carbonyl (C=O) groups excluding carboxylic acids is 1. The highest BCUT2D eigenvalue weighted by atomic mass is 16.1. The Morgan fingerprint density at radius 1 is 0.679 bits per heavy atom. The van der Waals surface area contributed by atoms with Crippen LogP contribution in [-0.2, 0) is 32.1 Å². The molecule has 0 fully saturated rings. The summed E-state index contributed by atoms with van der Waals surface area (Å²) in [6.45, 7) is 0. The zero-order valence-corrected chi connectivity index (χ0v) is 16.1. The van der Waals surface area contributed by atoms with Crippen LogP contribution in [0.15, 0.2) is 60.7 Å². The van der Waals surface area contributed by atoms with Gasteiger partial charge in [0.1, 0.15) is 0 Å². The van der Waals surface area contributed by atoms with Crippen molar-refractivity contribution < 1.29 is 4.79 Å². The summed E-state index contributed by atoms with van der Waals surface area (Å²) in [5, 5.41) is 0. The molecule has 0 saturated carbocycles. The highest BCUT2D eigenvalue weighted by molar-refractivity contribution is 6.07. The first-order chi connectivity index (χ1) is 13.8. The number of aryl methyl sites for hydroxylation is 4. The van der Waals surface area contributed by atoms with Crippen LogP contribution in [0.5, 0.6) is 0 Å². The molecule has 1 nitrogen and oxygen atoms in total. The SMILES string of the molecule is O=C1c2ccccc2[C@@H]2CCc3c4ccc(c3[C@H]12)CCc1ccc(cc1)CC4. The zero-order valence-electron chi connectivity index (χ0n) is 16.1. The highest BCUT2D eigenvalue weighted by Crippen LogP contribution is 2.52. The third-order valence-corrected chi connectivity index (χ3v) is 7.26. The van der Waals surface area contributed by atoms with E-state index >= 15 is 0 Å². The van der Waals surface area contributed by atoms with Crippen molar-refractivity contribution in [2.24, 2.45) is 0 Å². The van der Waals surface area contributed by atoms with Crippen molar-refractivity contribution in [3.05, 3.63) is 105 Å². The summed E-state index contributed by atoms with van der Waals surface area (Å²) in [6.07, 6.45) is 6.43. The second-order valence-corrected chi connectivity index (χ2v) is 8.67. The highest BCUT2D eigenvalue weighted by Gasteiger charge is 2.44. The maximum atomic E-state index is 13.5. The standard InChI is InChI=1S/C27H24O/c28-27-24-4-2-1-3-22(24)23-16-15-21-19-11-9-17-5-7-18(8-6-17)10-12-20(14-13-19)25(21)26(23)27/h1-8,13-14,23,26H,9-12,15-16H2/t23-,26+/m0/s1. The molecule has 9 rings (SSSR count). The summed E-state index contributed by atoms with van der Waals surface area (Å²) in [4.78, 5) is 13.5. The first-order valence-electron chi connectivity index (χ1n) is 10.6. The number of rotatable bonds is 0. The van der Waals surface area contributed by atoms with E-state index in [0.717, 1.165) is 44.1 Å². The van der Waals surface area contributed by atoms with Gasteiger partial charge in [0.2, 0.25) is 0 Å². The summed E-state index contributed by atoms with van der Waals surface area (Å²) < 4.78 is 0. The molecule has 1 heteroatoms. The molecule has 3 aromatic carbocycles. The summed E-state index contributed by atoms with van der Waals surface area (Å²) in [5.41, 5.74) is 10.8. The topological polar surface area (TPSA) is 17.1 Å². The molecule has 0 radical (unpaired) electrons. The molecule has 0 spiro atoms. The lowest BCUT2D eigenvalue weighted by Gasteiger charge is -2.32. The monoisotopic (exact) mass is 364 g/mol. The van der Waals surface area contributed by atoms with Gasteiger partial charge in [0.15, 0.2) is 5.78 Å². The molecule has 3 aromatic rings. The lowest BCUT2D eigenvalue weighted by Crippen LogP contribution is -2.23. The fourth-order valence-corrected chi connectivity index (χ4v) is 5.85. The molecule has 0 aliphatic heterocycles. The van der Waals surface area contributed by atoms with Gasteiger partial charge in [-0.05, 0) is 83.4 Å². The van der Waals surface area contributed by atoms with Crippen LogP contribution in [0.1, 0.15) is 67.6 Å². The molecule has 2 atom stereocenters. The average molecular weight is 364 g/mol. The minimum Gasteiger partial charge on any atom is -0.293 e. The zero-order chi connectivity index (χ0) is 18.7. The predicted octanol–water partition coefficient (Wildman–Crippen LogP) is 5.58. The van der Waals surface area contributed by atoms with Gasteiger partial charge in [-0.2, -0.15) is 0 Å². The fourth-order valence-electron chi connectivity index (χ4n) is 5.85. The molecule has 0 N–H and O–H groups in total. The third kappa shape index (κ3) is 2.35. The predicted molar refractivity (Wildman–Crippen MR) is 112 cm³/mol. The van der Waals surface area contributed by atoms with E-state index in [9.17, 15) is 4.79 Å². The van der Waals surface area contributed by atoms with Gasteiger partial charge in [-0.3, -0.25) is 4.79 Å². The van der Waals surface area contributed by atoms with Crippen molar-refractivity contribution in [3.63, 3.8) is 0 Å². The Labute approximate surface area is 166 Å². The number of ketones is 1. The maximum Gasteiger partial charge on any atom is 0.171 e. The molecule has 0 aromatic heterocycles. The number of hydrogen-bond acceptors (Lipinski definition) is 1. The van der Waals surface area contributed by atoms with Crippen LogP contribution >= 0.6 is 0 Å². The lowest BCUT2D eigenvalue weighted by molar-refractivity contribution is 0.0959. The van der Waals surface area contributed by atoms with Crippen molar-refractivity contribution >= 4 is 5.78 Å². The Kier molecular flexibility index (Phi) is 3.59. The number of Topliss-reactive ketones (excluding diaryl/α,β-unsaturated/α-hetero) is 1. The van der Waals surface area contributed by atoms with Crippen molar-refractivity contribution in [2.45, 2.75) is 50.4 Å². The van der Waals surface area contributed by atoms with E-state index in [4.69, 9.17) is 0 Å². The molecule has 4 bridgehead atoms. The Bertz CT molecular complexity index is 1090. The van der Waals surface area contributed by atoms with Gasteiger partial charge in [-0.15, -0.1) is 0 Å². The van der Waals surface area contributed by atoms with Gasteiger partial charge in [0, 0.05) is 5.56 Å². The van der Waals surface area contributed by atoms with E-state index in [0.29, 0.717) is 11.7 Å². The van der Waals surface area contributed by atoms with E-state index in [1.54, 1.807) is 0 Å². The molecule has 0 heterocycles. The molecular formula is C27H24O. The minimum atomic E-state index is 0.0416. The third-order valence-electron chi connectivity index (χ3n) is 7.26. The first kappa shape index (κ1) is 16.3. The second kappa shape index (κ2) is 6.17. The average Bonchev–Trinajstić information content (AvgIpc) is 3.03. The van der Waals surface area contributed by atoms with Crippen LogP contribution in [0, 0.1) is 0 Å². The lowest BCUT2D eigenvalue weighted by atomic mass is 9.71. The summed E-state index contributed by atoms with van der Waals surface area (Å²) in [5.74, 6) is 0.770. The molecule has 0 amide bonds. The van der Waals surface area contributed by atoms with Gasteiger partial charge in [-0.25, -0.2) is 0 Å². The van der Waals surface area contributed by atoms with Crippen LogP contribution in [0.4, 0.5) is 0 Å². The van der Waals surface area contributed by atoms with Crippen LogP contribution < -0.4 is 0 Å². The van der Waals surface area contributed by atoms with Crippen LogP contribution in [-0.4, -0.2) is 5.78 Å². The maximum absolute atomic E-state index is 13.5. The number of hydrogen-bond donors (Lipinski definition) is 0. The summed E-state index contributed by atoms with van der Waals surface area (Å²) in [7, 11) is 0. The Morgan fingerprint density at radius 3 is 2.14 bits per heavy atom. The van der Waals surface area contributed by atoms with Crippen molar-refractivity contribution in [3.8, 4) is 0 Å². The van der Waals surface area contributed by atoms with Crippen LogP contribution in [0.25, 0.3) is 0 Å². The molecule has 6 aliphatic carbocycles. The van der Waals surface area contributed by atoms with Gasteiger partial charge in [-0.1, -0.05) is 60.7 Å². The number of fused-ring (bicyclic) bond motifs is 3. The molecule has 28 heavy (non-hydrogen) atoms. The van der Waals surface area contributed by atoms with Crippen molar-refractivity contribution in [1.29, 1.82) is 0 Å². The largest absolute Gasteiger partial charge is 0.293 e.